The Bertz CT molecular complexity index is 208. The Morgan fingerprint density at radius 2 is 1.81 bits per heavy atom. The van der Waals surface area contributed by atoms with Crippen LogP contribution in [-0.4, -0.2) is 56.7 Å². The van der Waals surface area contributed by atoms with Gasteiger partial charge in [-0.1, -0.05) is 6.08 Å². The van der Waals surface area contributed by atoms with E-state index in [9.17, 15) is 0 Å². The fourth-order valence-corrected chi connectivity index (χ4v) is 0.637. The molecule has 0 bridgehead atoms. The molecule has 7 heteroatoms. The Morgan fingerprint density at radius 1 is 1.50 bits per heavy atom. The van der Waals surface area contributed by atoms with Crippen molar-refractivity contribution in [2.75, 3.05) is 6.54 Å². The molecule has 4 nitrogen and oxygen atoms in total. The van der Waals surface area contributed by atoms with Gasteiger partial charge in [-0.2, -0.15) is 0 Å². The molecule has 1 rings (SSSR count). The van der Waals surface area contributed by atoms with Crippen LogP contribution < -0.4 is 11.1 Å². The topological polar surface area (TPSA) is 78.5 Å². The van der Waals surface area contributed by atoms with Crippen LogP contribution in [0.1, 0.15) is 19.8 Å². The van der Waals surface area contributed by atoms with E-state index in [1.807, 2.05) is 6.92 Å². The van der Waals surface area contributed by atoms with E-state index < -0.39 is 5.17 Å². The number of nitrogens with one attached hydrogen (secondary N) is 1. The van der Waals surface area contributed by atoms with Crippen LogP contribution in [0.4, 0.5) is 0 Å². The average molecular weight is 274 g/mol. The number of allylic oxidation sites excluding steroid dienone is 1. The maximum absolute atomic E-state index is 8.45. The monoisotopic (exact) mass is 274 g/mol. The van der Waals surface area contributed by atoms with Crippen LogP contribution in [0.25, 0.3) is 0 Å². The molecule has 0 atom stereocenters. The van der Waals surface area contributed by atoms with Gasteiger partial charge in [0.15, 0.2) is 0 Å². The van der Waals surface area contributed by atoms with Gasteiger partial charge in [0.2, 0.25) is 0 Å². The van der Waals surface area contributed by atoms with Crippen LogP contribution in [0.5, 0.6) is 0 Å². The zero-order valence-electron chi connectivity index (χ0n) is 8.77. The Labute approximate surface area is 130 Å². The molecule has 5 N–H and O–H groups in total. The molecule has 0 amide bonds. The summed E-state index contributed by atoms with van der Waals surface area (Å²) in [6.45, 7) is 6.11. The van der Waals surface area contributed by atoms with E-state index >= 15 is 0 Å². The van der Waals surface area contributed by atoms with Gasteiger partial charge in [0.25, 0.3) is 10.3 Å². The summed E-state index contributed by atoms with van der Waals surface area (Å²) in [6, 6.07) is 0. The van der Waals surface area contributed by atoms with Crippen molar-refractivity contribution in [3.8, 4) is 0 Å². The summed E-state index contributed by atoms with van der Waals surface area (Å²) in [5, 5.41) is 18.1. The summed E-state index contributed by atoms with van der Waals surface area (Å²) in [4.78, 5) is 0. The fraction of sp³-hybridized carbons (Fsp3) is 0.556. The predicted molar refractivity (Wildman–Crippen MR) is 78.4 cm³/mol. The molecule has 1 fully saturated rings. The Balaban J connectivity index is -0.000000182. The van der Waals surface area contributed by atoms with Gasteiger partial charge in [-0.15, -0.1) is 6.58 Å². The van der Waals surface area contributed by atoms with Crippen molar-refractivity contribution in [2.24, 2.45) is 11.7 Å². The Kier molecular flexibility index (Phi) is 20.2. The molecule has 1 saturated carbocycles. The number of hydrogen-bond acceptors (Lipinski definition) is 2. The van der Waals surface area contributed by atoms with Crippen LogP contribution in [0.2, 0.25) is 0 Å². The van der Waals surface area contributed by atoms with E-state index in [0.717, 1.165) is 12.5 Å². The van der Waals surface area contributed by atoms with Crippen LogP contribution >= 0.6 is 24.4 Å². The zero-order valence-corrected chi connectivity index (χ0v) is 10.4. The first kappa shape index (κ1) is 21.4. The molecule has 0 radical (unpaired) electrons. The van der Waals surface area contributed by atoms with Crippen molar-refractivity contribution in [1.82, 2.24) is 5.32 Å². The van der Waals surface area contributed by atoms with E-state index in [-0.39, 0.29) is 34.7 Å². The maximum atomic E-state index is 8.45. The Morgan fingerprint density at radius 3 is 2.00 bits per heavy atom. The molecule has 0 unspecified atom stereocenters. The number of aliphatic hydroxyl groups excluding tert-OH is 2. The fourth-order valence-electron chi connectivity index (χ4n) is 0.554. The van der Waals surface area contributed by atoms with Gasteiger partial charge in [-0.25, -0.2) is 0 Å². The van der Waals surface area contributed by atoms with Gasteiger partial charge in [-0.05, 0) is 50.1 Å². The number of thiocarbonyl (C=S) groups is 2. The summed E-state index contributed by atoms with van der Waals surface area (Å²) >= 11 is 8.26. The van der Waals surface area contributed by atoms with Gasteiger partial charge in [-0.3, -0.25) is 0 Å². The van der Waals surface area contributed by atoms with Crippen LogP contribution in [0, 0.1) is 5.92 Å². The molecule has 1 aliphatic carbocycles. The molecule has 0 aromatic rings. The SMILES string of the molecule is C=CC.NC(O)=S.OC(=S)NCC1CC1.[NaH]. The van der Waals surface area contributed by atoms with Gasteiger partial charge in [0.05, 0.1) is 0 Å². The number of hydrogen-bond donors (Lipinski definition) is 4. The van der Waals surface area contributed by atoms with Gasteiger partial charge >= 0.3 is 29.6 Å². The minimum absolute atomic E-state index is 0. The van der Waals surface area contributed by atoms with Gasteiger partial charge in [0.1, 0.15) is 0 Å². The third-order valence-corrected chi connectivity index (χ3v) is 1.38. The zero-order chi connectivity index (χ0) is 12.3. The molecule has 0 heterocycles. The van der Waals surface area contributed by atoms with Crippen LogP contribution in [-0.2, 0) is 0 Å². The van der Waals surface area contributed by atoms with Crippen LogP contribution in [0.15, 0.2) is 12.7 Å². The first-order valence-electron chi connectivity index (χ1n) is 4.46. The van der Waals surface area contributed by atoms with Crippen molar-refractivity contribution < 1.29 is 10.2 Å². The second kappa shape index (κ2) is 15.1. The van der Waals surface area contributed by atoms with E-state index in [1.54, 1.807) is 6.08 Å². The third kappa shape index (κ3) is 36.9. The van der Waals surface area contributed by atoms with E-state index in [0.29, 0.717) is 0 Å². The molecular weight excluding hydrogens is 255 g/mol. The molecule has 90 valence electrons. The number of aliphatic hydroxyl groups is 2. The molecule has 0 saturated heterocycles. The number of rotatable bonds is 2. The summed E-state index contributed by atoms with van der Waals surface area (Å²) in [6.07, 6.45) is 4.32. The first-order chi connectivity index (χ1) is 6.93. The minimum atomic E-state index is -0.500. The van der Waals surface area contributed by atoms with Crippen molar-refractivity contribution >= 4 is 64.3 Å². The molecule has 0 aliphatic heterocycles. The molecule has 1 aliphatic rings. The molecular formula is C9H19N2NaO2S2. The average Bonchev–Trinajstić information content (AvgIpc) is 2.83. The van der Waals surface area contributed by atoms with E-state index in [4.69, 9.17) is 10.2 Å². The van der Waals surface area contributed by atoms with Crippen molar-refractivity contribution in [3.05, 3.63) is 12.7 Å². The second-order valence-electron chi connectivity index (χ2n) is 2.88. The van der Waals surface area contributed by atoms with Crippen molar-refractivity contribution in [3.63, 3.8) is 0 Å². The van der Waals surface area contributed by atoms with E-state index in [1.165, 1.54) is 12.8 Å². The second-order valence-corrected chi connectivity index (χ2v) is 3.68. The number of nitrogens with two attached hydrogens (primary N) is 1. The predicted octanol–water partition coefficient (Wildman–Crippen LogP) is 1.16. The summed E-state index contributed by atoms with van der Waals surface area (Å²) < 4.78 is 0. The van der Waals surface area contributed by atoms with E-state index in [2.05, 4.69) is 42.1 Å². The standard InChI is InChI=1S/C5H9NOS.C3H6.CH3NOS.Na.H/c7-5(8)6-3-4-1-2-4;1-3-2;2-1(3)4;;/h4H,1-3H2,(H2,6,7,8);3H,1H2,2H3;(H3,2,3,4);;. The van der Waals surface area contributed by atoms with Gasteiger partial charge < -0.3 is 21.3 Å². The summed E-state index contributed by atoms with van der Waals surface area (Å²) in [7, 11) is 0. The van der Waals surface area contributed by atoms with Crippen molar-refractivity contribution in [2.45, 2.75) is 19.8 Å². The molecule has 0 aromatic heterocycles. The molecule has 0 aromatic carbocycles. The molecule has 16 heavy (non-hydrogen) atoms. The quantitative estimate of drug-likeness (QED) is 0.344. The van der Waals surface area contributed by atoms with Crippen molar-refractivity contribution in [1.29, 1.82) is 0 Å². The summed E-state index contributed by atoms with van der Waals surface area (Å²) in [5.41, 5.74) is 4.40. The van der Waals surface area contributed by atoms with Gasteiger partial charge in [0, 0.05) is 6.54 Å². The normalized spacial score (nSPS) is 11.3. The molecule has 0 spiro atoms. The third-order valence-electron chi connectivity index (χ3n) is 1.24. The first-order valence-corrected chi connectivity index (χ1v) is 5.27. The Hall–Kier alpha value is 0.120. The summed E-state index contributed by atoms with van der Waals surface area (Å²) in [5.74, 6) is 0.778. The van der Waals surface area contributed by atoms with Crippen LogP contribution in [0.3, 0.4) is 0 Å².